The van der Waals surface area contributed by atoms with Gasteiger partial charge in [0.15, 0.2) is 0 Å². The summed E-state index contributed by atoms with van der Waals surface area (Å²) in [6, 6.07) is 41.0. The zero-order chi connectivity index (χ0) is 27.5. The van der Waals surface area contributed by atoms with Crippen molar-refractivity contribution >= 4 is 27.5 Å². The minimum absolute atomic E-state index is 0.171. The first-order chi connectivity index (χ1) is 19.6. The Morgan fingerprint density at radius 2 is 1.23 bits per heavy atom. The fourth-order valence-corrected chi connectivity index (χ4v) is 5.44. The van der Waals surface area contributed by atoms with Crippen LogP contribution in [0.4, 0.5) is 0 Å². The minimum Gasteiger partial charge on any atom is -0.507 e. The van der Waals surface area contributed by atoms with E-state index in [0.29, 0.717) is 5.75 Å². The van der Waals surface area contributed by atoms with Crippen LogP contribution in [0.15, 0.2) is 127 Å². The van der Waals surface area contributed by atoms with Crippen molar-refractivity contribution in [3.63, 3.8) is 0 Å². The molecule has 4 nitrogen and oxygen atoms in total. The molecule has 0 aliphatic rings. The molecule has 0 aliphatic heterocycles. The van der Waals surface area contributed by atoms with Crippen molar-refractivity contribution in [2.24, 2.45) is 0 Å². The lowest BCUT2D eigenvalue weighted by molar-refractivity contribution is -0.134. The molecule has 0 aromatic heterocycles. The largest absolute Gasteiger partial charge is 0.507 e. The number of carbonyl (C=O) groups excluding carboxylic acids is 1. The van der Waals surface area contributed by atoms with Crippen LogP contribution in [0.25, 0.3) is 32.7 Å². The van der Waals surface area contributed by atoms with E-state index in [1.165, 1.54) is 0 Å². The molecule has 196 valence electrons. The van der Waals surface area contributed by atoms with E-state index in [9.17, 15) is 9.90 Å². The van der Waals surface area contributed by atoms with Gasteiger partial charge in [0.1, 0.15) is 17.2 Å². The zero-order valence-corrected chi connectivity index (χ0v) is 22.1. The van der Waals surface area contributed by atoms with Gasteiger partial charge in [-0.2, -0.15) is 0 Å². The molecule has 0 radical (unpaired) electrons. The molecule has 6 aromatic rings. The number of hydrogen-bond acceptors (Lipinski definition) is 4. The maximum atomic E-state index is 13.6. The summed E-state index contributed by atoms with van der Waals surface area (Å²) >= 11 is 0. The van der Waals surface area contributed by atoms with Crippen LogP contribution in [-0.2, 0) is 4.79 Å². The van der Waals surface area contributed by atoms with Crippen molar-refractivity contribution in [1.82, 2.24) is 0 Å². The van der Waals surface area contributed by atoms with Crippen molar-refractivity contribution in [3.05, 3.63) is 139 Å². The van der Waals surface area contributed by atoms with Gasteiger partial charge in [0.25, 0.3) is 0 Å². The predicted octanol–water partition coefficient (Wildman–Crippen LogP) is 8.50. The number of aromatic hydroxyl groups is 1. The second-order valence-electron chi connectivity index (χ2n) is 9.76. The molecule has 0 fully saturated rings. The molecule has 1 N–H and O–H groups in total. The Balaban J connectivity index is 1.39. The number of rotatable bonds is 7. The summed E-state index contributed by atoms with van der Waals surface area (Å²) in [5.74, 6) is 0.967. The van der Waals surface area contributed by atoms with Gasteiger partial charge in [0.2, 0.25) is 0 Å². The highest BCUT2D eigenvalue weighted by Gasteiger charge is 2.21. The van der Waals surface area contributed by atoms with E-state index < -0.39 is 0 Å². The monoisotopic (exact) mass is 524 g/mol. The number of fused-ring (bicyclic) bond motifs is 2. The maximum absolute atomic E-state index is 13.6. The smallest absolute Gasteiger partial charge is 0.312 e. The molecule has 0 spiro atoms. The third-order valence-electron chi connectivity index (χ3n) is 7.35. The van der Waals surface area contributed by atoms with E-state index in [-0.39, 0.29) is 24.1 Å². The number of ether oxygens (including phenoxy) is 2. The average molecular weight is 525 g/mol. The lowest BCUT2D eigenvalue weighted by atomic mass is 9.88. The summed E-state index contributed by atoms with van der Waals surface area (Å²) in [6.45, 7) is 0. The second-order valence-corrected chi connectivity index (χ2v) is 9.76. The molecule has 0 unspecified atom stereocenters. The summed E-state index contributed by atoms with van der Waals surface area (Å²) < 4.78 is 11.5. The summed E-state index contributed by atoms with van der Waals surface area (Å²) in [6.07, 6.45) is 0.171. The molecule has 4 heteroatoms. The van der Waals surface area contributed by atoms with Crippen LogP contribution in [0.5, 0.6) is 17.2 Å². The average Bonchev–Trinajstić information content (AvgIpc) is 3.00. The molecular formula is C36H28O4. The minimum atomic E-state index is -0.326. The van der Waals surface area contributed by atoms with Gasteiger partial charge in [-0.3, -0.25) is 4.79 Å². The number of phenolic OH excluding ortho intramolecular Hbond substituents is 1. The van der Waals surface area contributed by atoms with Gasteiger partial charge in [-0.25, -0.2) is 0 Å². The number of benzene rings is 6. The number of phenols is 1. The van der Waals surface area contributed by atoms with Gasteiger partial charge in [-0.1, -0.05) is 103 Å². The first kappa shape index (κ1) is 25.2. The van der Waals surface area contributed by atoms with E-state index in [2.05, 4.69) is 0 Å². The van der Waals surface area contributed by atoms with Crippen molar-refractivity contribution in [2.75, 3.05) is 7.11 Å². The lowest BCUT2D eigenvalue weighted by Gasteiger charge is -2.19. The van der Waals surface area contributed by atoms with Gasteiger partial charge in [0.05, 0.1) is 13.5 Å². The number of hydrogen-bond donors (Lipinski definition) is 1. The Bertz CT molecular complexity index is 1800. The predicted molar refractivity (Wildman–Crippen MR) is 160 cm³/mol. The van der Waals surface area contributed by atoms with E-state index in [1.807, 2.05) is 121 Å². The first-order valence-corrected chi connectivity index (χ1v) is 13.2. The van der Waals surface area contributed by atoms with Crippen LogP contribution < -0.4 is 9.47 Å². The Morgan fingerprint density at radius 3 is 1.90 bits per heavy atom. The van der Waals surface area contributed by atoms with E-state index in [0.717, 1.165) is 49.5 Å². The molecule has 6 aromatic carbocycles. The molecule has 0 heterocycles. The molecule has 6 rings (SSSR count). The normalized spacial score (nSPS) is 11.8. The maximum Gasteiger partial charge on any atom is 0.312 e. The van der Waals surface area contributed by atoms with Gasteiger partial charge in [0, 0.05) is 16.7 Å². The molecule has 0 aliphatic carbocycles. The molecule has 0 saturated carbocycles. The summed E-state index contributed by atoms with van der Waals surface area (Å²) in [4.78, 5) is 13.6. The van der Waals surface area contributed by atoms with E-state index in [4.69, 9.17) is 9.47 Å². The van der Waals surface area contributed by atoms with Crippen LogP contribution in [0, 0.1) is 0 Å². The summed E-state index contributed by atoms with van der Waals surface area (Å²) in [7, 11) is 1.64. The standard InChI is InChI=1S/C36H28O4/c1-39-28-21-19-25(20-22-28)31(24-9-3-2-4-10-24)23-34(38)40-33-18-8-14-27-12-6-16-30(36(27)33)29-15-5-11-26-13-7-17-32(37)35(26)29/h2-22,31,37H,23H2,1H3/t31-/m1/s1. The van der Waals surface area contributed by atoms with Crippen molar-refractivity contribution in [2.45, 2.75) is 12.3 Å². The van der Waals surface area contributed by atoms with Crippen LogP contribution in [0.1, 0.15) is 23.5 Å². The lowest BCUT2D eigenvalue weighted by Crippen LogP contribution is -2.14. The number of carbonyl (C=O) groups is 1. The highest BCUT2D eigenvalue weighted by molar-refractivity contribution is 6.09. The molecule has 0 bridgehead atoms. The summed E-state index contributed by atoms with van der Waals surface area (Å²) in [5, 5.41) is 14.2. The number of esters is 1. The van der Waals surface area contributed by atoms with Gasteiger partial charge in [-0.05, 0) is 57.3 Å². The van der Waals surface area contributed by atoms with Crippen molar-refractivity contribution in [1.29, 1.82) is 0 Å². The Labute approximate surface area is 233 Å². The van der Waals surface area contributed by atoms with Gasteiger partial charge < -0.3 is 14.6 Å². The Hall–Kier alpha value is -5.09. The van der Waals surface area contributed by atoms with Crippen molar-refractivity contribution < 1.29 is 19.4 Å². The van der Waals surface area contributed by atoms with Gasteiger partial charge >= 0.3 is 5.97 Å². The van der Waals surface area contributed by atoms with Gasteiger partial charge in [-0.15, -0.1) is 0 Å². The van der Waals surface area contributed by atoms with Crippen LogP contribution in [0.3, 0.4) is 0 Å². The Morgan fingerprint density at radius 1 is 0.650 bits per heavy atom. The van der Waals surface area contributed by atoms with Crippen molar-refractivity contribution in [3.8, 4) is 28.4 Å². The molecule has 1 atom stereocenters. The third kappa shape index (κ3) is 4.87. The summed E-state index contributed by atoms with van der Waals surface area (Å²) in [5.41, 5.74) is 3.82. The second kappa shape index (κ2) is 11.0. The molecule has 0 saturated heterocycles. The highest BCUT2D eigenvalue weighted by atomic mass is 16.5. The zero-order valence-electron chi connectivity index (χ0n) is 22.1. The quantitative estimate of drug-likeness (QED) is 0.168. The molecule has 0 amide bonds. The Kier molecular flexibility index (Phi) is 6.90. The van der Waals surface area contributed by atoms with Crippen LogP contribution in [-0.4, -0.2) is 18.2 Å². The highest BCUT2D eigenvalue weighted by Crippen LogP contribution is 2.41. The third-order valence-corrected chi connectivity index (χ3v) is 7.35. The fourth-order valence-electron chi connectivity index (χ4n) is 5.44. The van der Waals surface area contributed by atoms with E-state index >= 15 is 0 Å². The number of methoxy groups -OCH3 is 1. The van der Waals surface area contributed by atoms with Crippen LogP contribution >= 0.6 is 0 Å². The topological polar surface area (TPSA) is 55.8 Å². The SMILES string of the molecule is COc1ccc([C@H](CC(=O)Oc2cccc3cccc(-c4cccc5cccc(O)c45)c23)c2ccccc2)cc1. The van der Waals surface area contributed by atoms with E-state index in [1.54, 1.807) is 13.2 Å². The fraction of sp³-hybridized carbons (Fsp3) is 0.0833. The molecular weight excluding hydrogens is 496 g/mol. The van der Waals surface area contributed by atoms with Crippen LogP contribution in [0.2, 0.25) is 0 Å². The first-order valence-electron chi connectivity index (χ1n) is 13.2. The molecule has 40 heavy (non-hydrogen) atoms.